The van der Waals surface area contributed by atoms with Gasteiger partial charge in [0.1, 0.15) is 0 Å². The number of nitrogens with one attached hydrogen (secondary N) is 1. The Kier molecular flexibility index (Phi) is 9.14. The van der Waals surface area contributed by atoms with E-state index in [0.717, 1.165) is 24.0 Å². The van der Waals surface area contributed by atoms with Crippen LogP contribution in [0.2, 0.25) is 0 Å². The molecule has 1 aliphatic heterocycles. The lowest BCUT2D eigenvalue weighted by molar-refractivity contribution is -0.194. The first-order valence-electron chi connectivity index (χ1n) is 12.9. The van der Waals surface area contributed by atoms with Crippen LogP contribution in [-0.2, 0) is 16.0 Å². The summed E-state index contributed by atoms with van der Waals surface area (Å²) in [4.78, 5) is 27.8. The number of hydrogen-bond donors (Lipinski definition) is 3. The molecule has 4 atom stereocenters. The summed E-state index contributed by atoms with van der Waals surface area (Å²) in [5, 5.41) is 14.5. The number of primary amides is 1. The van der Waals surface area contributed by atoms with Gasteiger partial charge in [0, 0.05) is 19.0 Å². The van der Waals surface area contributed by atoms with E-state index < -0.39 is 23.8 Å². The first kappa shape index (κ1) is 27.7. The third-order valence-corrected chi connectivity index (χ3v) is 7.13. The Morgan fingerprint density at radius 3 is 2.36 bits per heavy atom. The van der Waals surface area contributed by atoms with Gasteiger partial charge in [-0.15, -0.1) is 0 Å². The number of hydrogen-bond acceptors (Lipinski definition) is 5. The van der Waals surface area contributed by atoms with Crippen LogP contribution in [0.3, 0.4) is 0 Å². The van der Waals surface area contributed by atoms with Gasteiger partial charge in [0.15, 0.2) is 6.10 Å². The smallest absolute Gasteiger partial charge is 0.406 e. The maximum absolute atomic E-state index is 13.5. The van der Waals surface area contributed by atoms with Crippen LogP contribution in [0.15, 0.2) is 60.7 Å². The Morgan fingerprint density at radius 1 is 1.17 bits per heavy atom. The highest BCUT2D eigenvalue weighted by atomic mass is 16.6. The minimum Gasteiger partial charge on any atom is -0.424 e. The Morgan fingerprint density at radius 2 is 1.78 bits per heavy atom. The zero-order valence-corrected chi connectivity index (χ0v) is 21.9. The fraction of sp³-hybridized carbons (Fsp3) is 0.517. The van der Waals surface area contributed by atoms with E-state index in [4.69, 9.17) is 10.5 Å². The summed E-state index contributed by atoms with van der Waals surface area (Å²) in [5.41, 5.74) is 5.96. The maximum atomic E-state index is 13.5. The van der Waals surface area contributed by atoms with Crippen LogP contribution >= 0.6 is 0 Å². The number of aliphatic hydroxyl groups is 1. The van der Waals surface area contributed by atoms with Gasteiger partial charge in [0.05, 0.1) is 6.04 Å². The number of ether oxygens (including phenoxy) is 1. The van der Waals surface area contributed by atoms with Crippen molar-refractivity contribution in [3.05, 3.63) is 71.8 Å². The lowest BCUT2D eigenvalue weighted by atomic mass is 9.89. The van der Waals surface area contributed by atoms with E-state index in [-0.39, 0.29) is 17.5 Å². The van der Waals surface area contributed by atoms with Gasteiger partial charge in [-0.1, -0.05) is 87.9 Å². The third kappa shape index (κ3) is 6.65. The summed E-state index contributed by atoms with van der Waals surface area (Å²) in [5.74, 6) is -0.591. The van der Waals surface area contributed by atoms with E-state index in [1.54, 1.807) is 0 Å². The molecule has 0 aromatic heterocycles. The molecule has 2 aromatic carbocycles. The number of nitrogens with zero attached hydrogens (tertiary/aromatic N) is 1. The molecule has 4 N–H and O–H groups in total. The van der Waals surface area contributed by atoms with Gasteiger partial charge in [-0.2, -0.15) is 0 Å². The molecule has 36 heavy (non-hydrogen) atoms. The van der Waals surface area contributed by atoms with Gasteiger partial charge in [0.2, 0.25) is 5.72 Å². The molecule has 196 valence electrons. The molecule has 2 amide bonds. The molecule has 3 rings (SSSR count). The number of unbranched alkanes of at least 4 members (excludes halogenated alkanes) is 1. The molecule has 0 radical (unpaired) electrons. The lowest BCUT2D eigenvalue weighted by Crippen LogP contribution is -2.65. The second-order valence-corrected chi connectivity index (χ2v) is 10.8. The molecule has 2 aromatic rings. The van der Waals surface area contributed by atoms with Crippen molar-refractivity contribution in [3.63, 3.8) is 0 Å². The molecule has 1 saturated heterocycles. The first-order chi connectivity index (χ1) is 17.1. The fourth-order valence-corrected chi connectivity index (χ4v) is 5.44. The predicted octanol–water partition coefficient (Wildman–Crippen LogP) is 4.55. The van der Waals surface area contributed by atoms with E-state index in [2.05, 4.69) is 31.3 Å². The maximum Gasteiger partial charge on any atom is 0.406 e. The van der Waals surface area contributed by atoms with Gasteiger partial charge in [0.25, 0.3) is 5.91 Å². The van der Waals surface area contributed by atoms with Crippen LogP contribution < -0.4 is 11.1 Å². The van der Waals surface area contributed by atoms with Gasteiger partial charge < -0.3 is 20.9 Å². The van der Waals surface area contributed by atoms with Crippen molar-refractivity contribution >= 4 is 12.0 Å². The highest BCUT2D eigenvalue weighted by molar-refractivity contribution is 5.83. The third-order valence-electron chi connectivity index (χ3n) is 7.13. The molecule has 7 nitrogen and oxygen atoms in total. The number of benzene rings is 2. The van der Waals surface area contributed by atoms with Crippen LogP contribution in [0.1, 0.15) is 70.5 Å². The number of carbonyl (C=O) groups is 2. The van der Waals surface area contributed by atoms with Crippen LogP contribution in [0.5, 0.6) is 0 Å². The standard InChI is InChI=1S/C29H41N3O4/c1-5-6-17-29(36-27(30)35,25(33)26(34)31-21(2)23-15-11-8-12-16-23)32-20-28(3,4)19-24(32)18-22-13-9-7-10-14-22/h7-16,21,24-25,33H,5-6,17-20H2,1-4H3,(H2,30,35)(H,31,34)/t21-,24+,25?,29?/m1/s1. The number of nitrogens with two attached hydrogens (primary N) is 1. The zero-order chi connectivity index (χ0) is 26.3. The van der Waals surface area contributed by atoms with Crippen LogP contribution in [0.25, 0.3) is 0 Å². The second kappa shape index (κ2) is 11.9. The van der Waals surface area contributed by atoms with Crippen molar-refractivity contribution in [1.29, 1.82) is 0 Å². The van der Waals surface area contributed by atoms with Crippen molar-refractivity contribution in [2.24, 2.45) is 11.1 Å². The van der Waals surface area contributed by atoms with Gasteiger partial charge in [-0.25, -0.2) is 4.79 Å². The van der Waals surface area contributed by atoms with Crippen LogP contribution in [0, 0.1) is 5.41 Å². The molecule has 1 aliphatic rings. The second-order valence-electron chi connectivity index (χ2n) is 10.8. The number of rotatable bonds is 11. The SMILES string of the molecule is CCCCC(OC(N)=O)(C(O)C(=O)N[C@H](C)c1ccccc1)N1CC(C)(C)C[C@@H]1Cc1ccccc1. The van der Waals surface area contributed by atoms with Gasteiger partial charge >= 0.3 is 6.09 Å². The molecule has 1 heterocycles. The van der Waals surface area contributed by atoms with E-state index in [9.17, 15) is 14.7 Å². The fourth-order valence-electron chi connectivity index (χ4n) is 5.44. The summed E-state index contributed by atoms with van der Waals surface area (Å²) >= 11 is 0. The van der Waals surface area contributed by atoms with Crippen molar-refractivity contribution in [2.75, 3.05) is 6.54 Å². The Bertz CT molecular complexity index is 998. The lowest BCUT2D eigenvalue weighted by Gasteiger charge is -2.46. The predicted molar refractivity (Wildman–Crippen MR) is 141 cm³/mol. The monoisotopic (exact) mass is 495 g/mol. The average molecular weight is 496 g/mol. The molecular weight excluding hydrogens is 454 g/mol. The van der Waals surface area contributed by atoms with Crippen molar-refractivity contribution in [1.82, 2.24) is 10.2 Å². The molecule has 1 fully saturated rings. The minimum atomic E-state index is -1.62. The largest absolute Gasteiger partial charge is 0.424 e. The van der Waals surface area contributed by atoms with E-state index in [1.807, 2.05) is 67.3 Å². The summed E-state index contributed by atoms with van der Waals surface area (Å²) in [6, 6.07) is 19.3. The minimum absolute atomic E-state index is 0.0485. The summed E-state index contributed by atoms with van der Waals surface area (Å²) < 4.78 is 5.81. The van der Waals surface area contributed by atoms with E-state index in [0.29, 0.717) is 25.8 Å². The molecule has 2 unspecified atom stereocenters. The van der Waals surface area contributed by atoms with Crippen LogP contribution in [-0.4, -0.2) is 46.4 Å². The van der Waals surface area contributed by atoms with Crippen molar-refractivity contribution < 1.29 is 19.4 Å². The number of likely N-dealkylation sites (tertiary alicyclic amines) is 1. The van der Waals surface area contributed by atoms with Gasteiger partial charge in [-0.3, -0.25) is 9.69 Å². The number of aliphatic hydroxyl groups excluding tert-OH is 1. The Hall–Kier alpha value is -2.90. The number of carbonyl (C=O) groups excluding carboxylic acids is 2. The highest BCUT2D eigenvalue weighted by Crippen LogP contribution is 2.43. The topological polar surface area (TPSA) is 105 Å². The molecule has 7 heteroatoms. The molecule has 0 bridgehead atoms. The van der Waals surface area contributed by atoms with E-state index >= 15 is 0 Å². The summed E-state index contributed by atoms with van der Waals surface area (Å²) in [6.07, 6.45) is 0.663. The summed E-state index contributed by atoms with van der Waals surface area (Å²) in [6.45, 7) is 8.75. The number of amides is 2. The Labute approximate surface area is 215 Å². The van der Waals surface area contributed by atoms with Gasteiger partial charge in [-0.05, 0) is 42.7 Å². The summed E-state index contributed by atoms with van der Waals surface area (Å²) in [7, 11) is 0. The quantitative estimate of drug-likeness (QED) is 0.424. The zero-order valence-electron chi connectivity index (χ0n) is 21.9. The molecule has 0 saturated carbocycles. The molecule has 0 spiro atoms. The van der Waals surface area contributed by atoms with Crippen molar-refractivity contribution in [2.45, 2.75) is 83.7 Å². The van der Waals surface area contributed by atoms with Crippen molar-refractivity contribution in [3.8, 4) is 0 Å². The van der Waals surface area contributed by atoms with Crippen LogP contribution in [0.4, 0.5) is 4.79 Å². The van der Waals surface area contributed by atoms with E-state index in [1.165, 1.54) is 0 Å². The molecular formula is C29H41N3O4. The Balaban J connectivity index is 1.98. The highest BCUT2D eigenvalue weighted by Gasteiger charge is 2.56. The molecule has 0 aliphatic carbocycles. The average Bonchev–Trinajstić information content (AvgIpc) is 3.16. The first-order valence-corrected chi connectivity index (χ1v) is 12.9. The normalized spacial score (nSPS) is 20.8.